The van der Waals surface area contributed by atoms with Crippen LogP contribution in [0.4, 0.5) is 0 Å². The molecule has 50 heavy (non-hydrogen) atoms. The predicted molar refractivity (Wildman–Crippen MR) is 193 cm³/mol. The van der Waals surface area contributed by atoms with Crippen molar-refractivity contribution in [2.75, 3.05) is 19.3 Å². The second kappa shape index (κ2) is 16.0. The number of fused-ring (bicyclic) bond motifs is 1. The molecule has 1 aliphatic heterocycles. The van der Waals surface area contributed by atoms with Gasteiger partial charge in [-0.2, -0.15) is 5.26 Å². The number of carbonyl (C=O) groups excluding carboxylic acids is 3. The number of amides is 3. The van der Waals surface area contributed by atoms with Gasteiger partial charge in [0.15, 0.2) is 9.84 Å². The van der Waals surface area contributed by atoms with E-state index in [2.05, 4.69) is 16.0 Å². The third kappa shape index (κ3) is 9.92. The number of sulfone groups is 1. The van der Waals surface area contributed by atoms with Crippen LogP contribution in [0.15, 0.2) is 54.6 Å². The third-order valence-electron chi connectivity index (χ3n) is 10.3. The zero-order valence-electron chi connectivity index (χ0n) is 30.1. The van der Waals surface area contributed by atoms with Crippen molar-refractivity contribution in [2.24, 2.45) is 11.8 Å². The molecule has 2 aliphatic rings. The van der Waals surface area contributed by atoms with Crippen molar-refractivity contribution in [3.8, 4) is 6.07 Å². The summed E-state index contributed by atoms with van der Waals surface area (Å²) in [6.45, 7) is 9.32. The van der Waals surface area contributed by atoms with Gasteiger partial charge < -0.3 is 21.1 Å². The zero-order chi connectivity index (χ0) is 36.9. The van der Waals surface area contributed by atoms with Gasteiger partial charge in [0.25, 0.3) is 5.91 Å². The van der Waals surface area contributed by atoms with E-state index < -0.39 is 56.2 Å². The van der Waals surface area contributed by atoms with Crippen LogP contribution in [-0.2, 0) is 25.8 Å². The smallest absolute Gasteiger partial charge is 0.252 e. The largest absolute Gasteiger partial charge is 0.390 e. The summed E-state index contributed by atoms with van der Waals surface area (Å²) in [5, 5.41) is 29.9. The van der Waals surface area contributed by atoms with Crippen LogP contribution < -0.4 is 16.0 Å². The molecule has 0 radical (unpaired) electrons. The fraction of sp³-hybridized carbons (Fsp3) is 0.579. The number of aliphatic hydroxyl groups is 1. The number of nitriles is 1. The standard InChI is InChI=1S/C38H53N5O6S/c1-37(2,3)42-35(46)31-21-27-16-10-11-17-29(27)23-43(31)24-32(44)30(20-25-13-8-7-9-14-25)40-36(47)33(38(4,5)50(6,48)49)41-34(45)28-18-12-15-26(19-28)22-39/h7-9,12-15,18-19,27,29-33,44H,10-11,16-17,20-21,23-24H2,1-6H3,(H,40,47)(H,41,45)(H,42,46)/t27?,29?,30-,31-,32+,33+/m0/s1. The van der Waals surface area contributed by atoms with Crippen LogP contribution in [0.2, 0.25) is 0 Å². The Hall–Kier alpha value is -3.79. The minimum atomic E-state index is -3.91. The lowest BCUT2D eigenvalue weighted by Crippen LogP contribution is -2.64. The molecule has 0 aromatic heterocycles. The van der Waals surface area contributed by atoms with E-state index in [0.717, 1.165) is 37.5 Å². The quantitative estimate of drug-likeness (QED) is 0.261. The summed E-state index contributed by atoms with van der Waals surface area (Å²) in [6, 6.07) is 14.3. The van der Waals surface area contributed by atoms with Gasteiger partial charge in [-0.25, -0.2) is 8.42 Å². The van der Waals surface area contributed by atoms with Gasteiger partial charge in [0.05, 0.1) is 34.6 Å². The number of likely N-dealkylation sites (tertiary alicyclic amines) is 1. The third-order valence-corrected chi connectivity index (χ3v) is 12.4. The van der Waals surface area contributed by atoms with Gasteiger partial charge in [-0.3, -0.25) is 19.3 Å². The fourth-order valence-corrected chi connectivity index (χ4v) is 7.72. The van der Waals surface area contributed by atoms with Gasteiger partial charge in [-0.15, -0.1) is 0 Å². The van der Waals surface area contributed by atoms with Crippen molar-refractivity contribution in [1.82, 2.24) is 20.9 Å². The number of rotatable bonds is 12. The average Bonchev–Trinajstić information content (AvgIpc) is 3.05. The van der Waals surface area contributed by atoms with Crippen LogP contribution in [0.1, 0.15) is 88.2 Å². The van der Waals surface area contributed by atoms with Crippen LogP contribution in [0.5, 0.6) is 0 Å². The highest BCUT2D eigenvalue weighted by Crippen LogP contribution is 2.39. The number of nitrogens with one attached hydrogen (secondary N) is 3. The molecule has 3 amide bonds. The molecule has 2 aromatic rings. The summed E-state index contributed by atoms with van der Waals surface area (Å²) in [6.07, 6.45) is 5.19. The van der Waals surface area contributed by atoms with E-state index in [1.165, 1.54) is 38.1 Å². The first-order valence-electron chi connectivity index (χ1n) is 17.5. The molecule has 0 bridgehead atoms. The summed E-state index contributed by atoms with van der Waals surface area (Å²) in [5.41, 5.74) is 0.730. The number of hydrogen-bond donors (Lipinski definition) is 4. The Kier molecular flexibility index (Phi) is 12.5. The van der Waals surface area contributed by atoms with Gasteiger partial charge in [-0.05, 0) is 89.5 Å². The highest BCUT2D eigenvalue weighted by molar-refractivity contribution is 7.92. The first kappa shape index (κ1) is 39.0. The minimum Gasteiger partial charge on any atom is -0.390 e. The van der Waals surface area contributed by atoms with Crippen LogP contribution in [-0.4, -0.2) is 90.0 Å². The molecule has 2 aromatic carbocycles. The number of aliphatic hydroxyl groups excluding tert-OH is 1. The summed E-state index contributed by atoms with van der Waals surface area (Å²) >= 11 is 0. The number of benzene rings is 2. The number of β-amino-alcohol motifs (C(OH)–C–C–N with tert-alkyl or cyclic N) is 1. The lowest BCUT2D eigenvalue weighted by Gasteiger charge is -2.47. The molecular formula is C38H53N5O6S. The topological polar surface area (TPSA) is 169 Å². The number of carbonyl (C=O) groups is 3. The average molecular weight is 708 g/mol. The molecule has 4 N–H and O–H groups in total. The SMILES string of the molecule is CC(C)(C)NC(=O)[C@@H]1CC2CCCCC2CN1C[C@@H](O)[C@H](Cc1ccccc1)NC(=O)[C@@H](NC(=O)c1cccc(C#N)c1)C(C)(C)S(C)(=O)=O. The first-order chi connectivity index (χ1) is 23.4. The van der Waals surface area contributed by atoms with E-state index in [0.29, 0.717) is 24.8 Å². The van der Waals surface area contributed by atoms with Crippen molar-refractivity contribution < 1.29 is 27.9 Å². The molecule has 11 nitrogen and oxygen atoms in total. The molecule has 2 unspecified atom stereocenters. The second-order valence-corrected chi connectivity index (χ2v) is 18.2. The zero-order valence-corrected chi connectivity index (χ0v) is 30.9. The molecular weight excluding hydrogens is 655 g/mol. The van der Waals surface area contributed by atoms with Gasteiger partial charge in [0, 0.05) is 30.4 Å². The Morgan fingerprint density at radius 1 is 0.980 bits per heavy atom. The number of hydrogen-bond acceptors (Lipinski definition) is 8. The van der Waals surface area contributed by atoms with E-state index >= 15 is 0 Å². The lowest BCUT2D eigenvalue weighted by atomic mass is 9.72. The molecule has 12 heteroatoms. The van der Waals surface area contributed by atoms with E-state index in [1.807, 2.05) is 62.1 Å². The highest BCUT2D eigenvalue weighted by atomic mass is 32.2. The van der Waals surface area contributed by atoms with Crippen molar-refractivity contribution in [1.29, 1.82) is 5.26 Å². The Morgan fingerprint density at radius 2 is 1.64 bits per heavy atom. The van der Waals surface area contributed by atoms with Crippen LogP contribution in [0.3, 0.4) is 0 Å². The molecule has 2 fully saturated rings. The molecule has 1 saturated carbocycles. The maximum Gasteiger partial charge on any atom is 0.252 e. The monoisotopic (exact) mass is 707 g/mol. The molecule has 0 spiro atoms. The van der Waals surface area contributed by atoms with E-state index in [-0.39, 0.29) is 30.0 Å². The Bertz CT molecular complexity index is 1670. The van der Waals surface area contributed by atoms with E-state index in [1.54, 1.807) is 0 Å². The van der Waals surface area contributed by atoms with Gasteiger partial charge in [0.2, 0.25) is 11.8 Å². The van der Waals surface area contributed by atoms with Crippen LogP contribution in [0.25, 0.3) is 0 Å². The molecule has 1 aliphatic carbocycles. The molecule has 1 saturated heterocycles. The molecule has 272 valence electrons. The van der Waals surface area contributed by atoms with Gasteiger partial charge in [0.1, 0.15) is 6.04 Å². The van der Waals surface area contributed by atoms with E-state index in [4.69, 9.17) is 0 Å². The second-order valence-electron chi connectivity index (χ2n) is 15.6. The van der Waals surface area contributed by atoms with Crippen molar-refractivity contribution >= 4 is 27.6 Å². The maximum atomic E-state index is 14.2. The summed E-state index contributed by atoms with van der Waals surface area (Å²) < 4.78 is 24.3. The van der Waals surface area contributed by atoms with Gasteiger partial charge >= 0.3 is 0 Å². The normalized spacial score (nSPS) is 21.8. The maximum absolute atomic E-state index is 14.2. The molecule has 6 atom stereocenters. The number of piperidine rings is 1. The first-order valence-corrected chi connectivity index (χ1v) is 19.4. The van der Waals surface area contributed by atoms with Crippen LogP contribution >= 0.6 is 0 Å². The molecule has 1 heterocycles. The Morgan fingerprint density at radius 3 is 2.26 bits per heavy atom. The van der Waals surface area contributed by atoms with E-state index in [9.17, 15) is 33.2 Å². The van der Waals surface area contributed by atoms with Crippen LogP contribution in [0, 0.1) is 23.2 Å². The highest BCUT2D eigenvalue weighted by Gasteiger charge is 2.46. The number of nitrogens with zero attached hydrogens (tertiary/aromatic N) is 2. The molecule has 4 rings (SSSR count). The van der Waals surface area contributed by atoms with Crippen molar-refractivity contribution in [3.05, 3.63) is 71.3 Å². The summed E-state index contributed by atoms with van der Waals surface area (Å²) in [4.78, 5) is 43.3. The fourth-order valence-electron chi connectivity index (χ4n) is 7.13. The Balaban J connectivity index is 1.64. The lowest BCUT2D eigenvalue weighted by molar-refractivity contribution is -0.133. The van der Waals surface area contributed by atoms with Crippen molar-refractivity contribution in [2.45, 2.75) is 108 Å². The minimum absolute atomic E-state index is 0.0875. The van der Waals surface area contributed by atoms with Crippen molar-refractivity contribution in [3.63, 3.8) is 0 Å². The summed E-state index contributed by atoms with van der Waals surface area (Å²) in [5.74, 6) is -0.744. The Labute approximate surface area is 297 Å². The van der Waals surface area contributed by atoms with Gasteiger partial charge in [-0.1, -0.05) is 55.7 Å². The summed E-state index contributed by atoms with van der Waals surface area (Å²) in [7, 11) is -3.91. The predicted octanol–water partition coefficient (Wildman–Crippen LogP) is 3.36.